The number of rotatable bonds is 5. The average molecular weight is 262 g/mol. The van der Waals surface area contributed by atoms with Gasteiger partial charge in [-0.1, -0.05) is 6.92 Å². The van der Waals surface area contributed by atoms with E-state index in [0.717, 1.165) is 0 Å². The minimum atomic E-state index is -1.04. The van der Waals surface area contributed by atoms with E-state index in [1.165, 1.54) is 11.1 Å². The number of nitrogens with zero attached hydrogens (tertiary/aromatic N) is 4. The molecule has 19 heavy (non-hydrogen) atoms. The predicted molar refractivity (Wildman–Crippen MR) is 66.8 cm³/mol. The lowest BCUT2D eigenvalue weighted by Crippen LogP contribution is -2.37. The Morgan fingerprint density at radius 1 is 1.32 bits per heavy atom. The number of amides is 1. The van der Waals surface area contributed by atoms with Gasteiger partial charge in [-0.15, -0.1) is 0 Å². The van der Waals surface area contributed by atoms with E-state index in [2.05, 4.69) is 9.97 Å². The van der Waals surface area contributed by atoms with Gasteiger partial charge < -0.3 is 14.4 Å². The van der Waals surface area contributed by atoms with Crippen LogP contribution in [0, 0.1) is 0 Å². The topological polar surface area (TPSA) is 87.8 Å². The van der Waals surface area contributed by atoms with Gasteiger partial charge in [0, 0.05) is 31.3 Å². The van der Waals surface area contributed by atoms with Crippen LogP contribution in [-0.2, 0) is 4.79 Å². The first-order valence-electron chi connectivity index (χ1n) is 5.92. The quantitative estimate of drug-likeness (QED) is 0.855. The molecule has 0 radical (unpaired) electrons. The molecule has 0 saturated heterocycles. The molecule has 0 aliphatic heterocycles. The molecule has 0 aromatic carbocycles. The van der Waals surface area contributed by atoms with Crippen LogP contribution in [0.3, 0.4) is 0 Å². The molecule has 2 rings (SSSR count). The molecule has 100 valence electrons. The van der Waals surface area contributed by atoms with E-state index in [1.54, 1.807) is 23.0 Å². The Balaban J connectivity index is 2.35. The Hall–Kier alpha value is -2.44. The molecule has 7 heteroatoms. The molecule has 0 fully saturated rings. The van der Waals surface area contributed by atoms with Crippen LogP contribution < -0.4 is 0 Å². The highest BCUT2D eigenvalue weighted by molar-refractivity contribution is 5.99. The van der Waals surface area contributed by atoms with E-state index in [0.29, 0.717) is 18.6 Å². The summed E-state index contributed by atoms with van der Waals surface area (Å²) in [7, 11) is 0. The Kier molecular flexibility index (Phi) is 3.74. The molecular weight excluding hydrogens is 248 g/mol. The maximum absolute atomic E-state index is 12.3. The second-order valence-corrected chi connectivity index (χ2v) is 4.05. The summed E-state index contributed by atoms with van der Waals surface area (Å²) in [5.41, 5.74) is 0.598. The lowest BCUT2D eigenvalue weighted by atomic mass is 10.3. The third-order valence-electron chi connectivity index (χ3n) is 2.62. The van der Waals surface area contributed by atoms with Gasteiger partial charge in [0.25, 0.3) is 5.91 Å². The van der Waals surface area contributed by atoms with Crippen molar-refractivity contribution in [2.24, 2.45) is 0 Å². The Labute approximate surface area is 109 Å². The lowest BCUT2D eigenvalue weighted by molar-refractivity contribution is -0.137. The summed E-state index contributed by atoms with van der Waals surface area (Å²) in [6.45, 7) is 1.91. The number of hydrogen-bond donors (Lipinski definition) is 1. The summed E-state index contributed by atoms with van der Waals surface area (Å²) in [6.07, 6.45) is 7.12. The first kappa shape index (κ1) is 13.0. The van der Waals surface area contributed by atoms with Gasteiger partial charge in [-0.3, -0.25) is 9.59 Å². The zero-order valence-electron chi connectivity index (χ0n) is 10.5. The molecule has 2 aromatic heterocycles. The molecule has 0 aliphatic rings. The monoisotopic (exact) mass is 262 g/mol. The van der Waals surface area contributed by atoms with Crippen LogP contribution in [0.5, 0.6) is 0 Å². The van der Waals surface area contributed by atoms with Gasteiger partial charge in [0.05, 0.1) is 0 Å². The Morgan fingerprint density at radius 3 is 2.63 bits per heavy atom. The highest BCUT2D eigenvalue weighted by Crippen LogP contribution is 2.09. The first-order valence-corrected chi connectivity index (χ1v) is 5.92. The molecule has 2 heterocycles. The summed E-state index contributed by atoms with van der Waals surface area (Å²) in [5, 5.41) is 8.84. The van der Waals surface area contributed by atoms with E-state index in [9.17, 15) is 9.59 Å². The smallest absolute Gasteiger partial charge is 0.323 e. The van der Waals surface area contributed by atoms with Crippen LogP contribution in [0.4, 0.5) is 0 Å². The van der Waals surface area contributed by atoms with E-state index >= 15 is 0 Å². The van der Waals surface area contributed by atoms with E-state index < -0.39 is 11.9 Å². The van der Waals surface area contributed by atoms with Crippen LogP contribution in [0.15, 0.2) is 24.8 Å². The van der Waals surface area contributed by atoms with Crippen molar-refractivity contribution in [1.29, 1.82) is 0 Å². The van der Waals surface area contributed by atoms with Crippen LogP contribution >= 0.6 is 0 Å². The molecule has 0 atom stereocenters. The van der Waals surface area contributed by atoms with E-state index in [1.807, 2.05) is 6.92 Å². The average Bonchev–Trinajstić information content (AvgIpc) is 2.85. The van der Waals surface area contributed by atoms with Gasteiger partial charge in [0.1, 0.15) is 6.54 Å². The van der Waals surface area contributed by atoms with Gasteiger partial charge in [0.2, 0.25) is 0 Å². The zero-order valence-corrected chi connectivity index (χ0v) is 10.5. The van der Waals surface area contributed by atoms with Crippen LogP contribution in [0.2, 0.25) is 0 Å². The molecule has 2 aromatic rings. The molecule has 0 unspecified atom stereocenters. The predicted octanol–water partition coefficient (Wildman–Crippen LogP) is 0.666. The fourth-order valence-electron chi connectivity index (χ4n) is 1.84. The summed E-state index contributed by atoms with van der Waals surface area (Å²) in [5.74, 6) is -1.46. The second-order valence-electron chi connectivity index (χ2n) is 4.05. The number of carboxylic acid groups (broad SMARTS) is 1. The number of hydrogen-bond acceptors (Lipinski definition) is 4. The summed E-state index contributed by atoms with van der Waals surface area (Å²) in [4.78, 5) is 32.5. The lowest BCUT2D eigenvalue weighted by Gasteiger charge is -2.19. The normalized spacial score (nSPS) is 10.6. The van der Waals surface area contributed by atoms with Crippen molar-refractivity contribution in [3.8, 4) is 0 Å². The van der Waals surface area contributed by atoms with Crippen LogP contribution in [0.25, 0.3) is 5.65 Å². The highest BCUT2D eigenvalue weighted by atomic mass is 16.4. The fraction of sp³-hybridized carbons (Fsp3) is 0.333. The number of carbonyl (C=O) groups excluding carboxylic acids is 1. The van der Waals surface area contributed by atoms with Gasteiger partial charge in [-0.2, -0.15) is 0 Å². The van der Waals surface area contributed by atoms with Crippen molar-refractivity contribution >= 4 is 17.5 Å². The van der Waals surface area contributed by atoms with Crippen molar-refractivity contribution < 1.29 is 14.7 Å². The van der Waals surface area contributed by atoms with Crippen LogP contribution in [0.1, 0.15) is 23.8 Å². The van der Waals surface area contributed by atoms with Crippen molar-refractivity contribution in [1.82, 2.24) is 19.3 Å². The van der Waals surface area contributed by atoms with Crippen molar-refractivity contribution in [3.63, 3.8) is 0 Å². The third kappa shape index (κ3) is 2.70. The molecule has 1 N–H and O–H groups in total. The Morgan fingerprint density at radius 2 is 2.00 bits per heavy atom. The SMILES string of the molecule is CCCN(CC(=O)O)C(=O)c1nccn2ccnc12. The fourth-order valence-corrected chi connectivity index (χ4v) is 1.84. The van der Waals surface area contributed by atoms with E-state index in [-0.39, 0.29) is 12.2 Å². The summed E-state index contributed by atoms with van der Waals surface area (Å²) in [6, 6.07) is 0. The number of carbonyl (C=O) groups is 2. The van der Waals surface area contributed by atoms with Gasteiger partial charge >= 0.3 is 5.97 Å². The summed E-state index contributed by atoms with van der Waals surface area (Å²) < 4.78 is 1.67. The second kappa shape index (κ2) is 5.47. The first-order chi connectivity index (χ1) is 9.13. The number of imidazole rings is 1. The molecule has 0 aliphatic carbocycles. The largest absolute Gasteiger partial charge is 0.480 e. The molecule has 7 nitrogen and oxygen atoms in total. The number of fused-ring (bicyclic) bond motifs is 1. The van der Waals surface area contributed by atoms with Gasteiger partial charge in [0.15, 0.2) is 11.3 Å². The minimum absolute atomic E-state index is 0.169. The third-order valence-corrected chi connectivity index (χ3v) is 2.62. The van der Waals surface area contributed by atoms with Crippen molar-refractivity contribution in [2.45, 2.75) is 13.3 Å². The number of carboxylic acids is 1. The molecule has 0 spiro atoms. The van der Waals surface area contributed by atoms with Gasteiger partial charge in [-0.25, -0.2) is 9.97 Å². The zero-order chi connectivity index (χ0) is 13.8. The standard InChI is InChI=1S/C12H14N4O3/c1-2-5-16(8-9(17)18)12(19)10-11-14-4-7-15(11)6-3-13-10/h3-4,6-7H,2,5,8H2,1H3,(H,17,18). The Bertz CT molecular complexity index is 608. The molecular formula is C12H14N4O3. The molecule has 0 saturated carbocycles. The summed E-state index contributed by atoms with van der Waals surface area (Å²) >= 11 is 0. The number of aromatic nitrogens is 3. The number of aliphatic carboxylic acids is 1. The van der Waals surface area contributed by atoms with E-state index in [4.69, 9.17) is 5.11 Å². The maximum Gasteiger partial charge on any atom is 0.323 e. The molecule has 1 amide bonds. The van der Waals surface area contributed by atoms with Crippen LogP contribution in [-0.4, -0.2) is 49.3 Å². The van der Waals surface area contributed by atoms with Gasteiger partial charge in [-0.05, 0) is 6.42 Å². The van der Waals surface area contributed by atoms with Crippen molar-refractivity contribution in [3.05, 3.63) is 30.5 Å². The van der Waals surface area contributed by atoms with Crippen molar-refractivity contribution in [2.75, 3.05) is 13.1 Å². The minimum Gasteiger partial charge on any atom is -0.480 e. The molecule has 0 bridgehead atoms. The maximum atomic E-state index is 12.3. The highest BCUT2D eigenvalue weighted by Gasteiger charge is 2.21.